The molecule has 3 aliphatic heterocycles. The molecule has 156 valence electrons. The van der Waals surface area contributed by atoms with Crippen molar-refractivity contribution in [3.8, 4) is 17.2 Å². The van der Waals surface area contributed by atoms with Gasteiger partial charge in [0, 0.05) is 43.2 Å². The third kappa shape index (κ3) is 2.35. The average Bonchev–Trinajstić information content (AvgIpc) is 3.18. The highest BCUT2D eigenvalue weighted by Crippen LogP contribution is 2.62. The van der Waals surface area contributed by atoms with E-state index in [2.05, 4.69) is 17.1 Å². The molecule has 3 fully saturated rings. The second-order valence-corrected chi connectivity index (χ2v) is 8.83. The summed E-state index contributed by atoms with van der Waals surface area (Å²) in [4.78, 5) is 31.3. The molecule has 1 saturated carbocycles. The van der Waals surface area contributed by atoms with E-state index < -0.39 is 5.41 Å². The van der Waals surface area contributed by atoms with Crippen molar-refractivity contribution >= 4 is 18.2 Å². The first-order valence-corrected chi connectivity index (χ1v) is 10.5. The molecule has 1 aromatic heterocycles. The van der Waals surface area contributed by atoms with Gasteiger partial charge in [-0.2, -0.15) is 5.26 Å². The number of piperidine rings is 1. The molecule has 0 spiro atoms. The van der Waals surface area contributed by atoms with Crippen LogP contribution in [-0.2, 0) is 21.4 Å². The quantitative estimate of drug-likeness (QED) is 0.756. The maximum Gasteiger partial charge on any atom is 0.415 e. The number of nitrogens with two attached hydrogens (primary N) is 1. The minimum Gasteiger partial charge on any atom is -0.442 e. The third-order valence-electron chi connectivity index (χ3n) is 7.47. The van der Waals surface area contributed by atoms with Gasteiger partial charge in [0.1, 0.15) is 11.5 Å². The first-order valence-electron chi connectivity index (χ1n) is 10.5. The number of carbonyl (C=O) groups excluding carboxylic acids is 2. The van der Waals surface area contributed by atoms with Gasteiger partial charge in [-0.3, -0.25) is 14.7 Å². The van der Waals surface area contributed by atoms with Crippen molar-refractivity contribution in [2.24, 2.45) is 17.6 Å². The van der Waals surface area contributed by atoms with Crippen LogP contribution in [0.2, 0.25) is 0 Å². The van der Waals surface area contributed by atoms with Gasteiger partial charge in [0.2, 0.25) is 6.41 Å². The Morgan fingerprint density at radius 3 is 2.68 bits per heavy atom. The molecule has 8 nitrogen and oxygen atoms in total. The lowest BCUT2D eigenvalue weighted by molar-refractivity contribution is -0.117. The summed E-state index contributed by atoms with van der Waals surface area (Å²) < 4.78 is 5.36. The number of benzene rings is 1. The van der Waals surface area contributed by atoms with Gasteiger partial charge in [0.05, 0.1) is 23.5 Å². The number of nitrogens with zero attached hydrogens (tertiary/aromatic N) is 4. The Bertz CT molecular complexity index is 1130. The average molecular weight is 415 g/mol. The number of fused-ring (bicyclic) bond motifs is 4. The standard InChI is InChI=1S/C23H21N5O3/c24-7-20-19-6-15-5-13(1-3-18(15)28(19)22(30)31-20)14-2-4-21(26-8-14)23(11-25)16-9-27(12-29)10-17(16)23/h1-5,8,12,16-17,19-20H,6-7,9-10,24H2/t16?,17?,19-,20?,23?/m0/s1. The molecule has 4 heterocycles. The SMILES string of the molecule is N#CC1(c2ccc(-c3ccc4c(c3)C[C@H]3C(CN)OC(=O)N43)cn2)C2CN(C=O)CC21. The summed E-state index contributed by atoms with van der Waals surface area (Å²) >= 11 is 0. The molecule has 2 aromatic rings. The molecule has 0 bridgehead atoms. The summed E-state index contributed by atoms with van der Waals surface area (Å²) in [5.74, 6) is 0.342. The van der Waals surface area contributed by atoms with Crippen LogP contribution in [0, 0.1) is 23.2 Å². The fraction of sp³-hybridized carbons (Fsp3) is 0.391. The number of aromatic nitrogens is 1. The predicted molar refractivity (Wildman–Crippen MR) is 111 cm³/mol. The number of pyridine rings is 1. The largest absolute Gasteiger partial charge is 0.442 e. The van der Waals surface area contributed by atoms with Crippen LogP contribution in [0.1, 0.15) is 11.3 Å². The molecule has 2 saturated heterocycles. The molecule has 1 aromatic carbocycles. The molecule has 8 heteroatoms. The van der Waals surface area contributed by atoms with Crippen molar-refractivity contribution in [3.63, 3.8) is 0 Å². The Morgan fingerprint density at radius 1 is 1.26 bits per heavy atom. The second kappa shape index (κ2) is 6.28. The minimum atomic E-state index is -0.571. The molecule has 4 atom stereocenters. The van der Waals surface area contributed by atoms with Gasteiger partial charge >= 0.3 is 6.09 Å². The molecule has 4 aliphatic rings. The van der Waals surface area contributed by atoms with Crippen LogP contribution < -0.4 is 10.6 Å². The number of ether oxygens (including phenoxy) is 1. The number of likely N-dealkylation sites (tertiary alicyclic amines) is 1. The Morgan fingerprint density at radius 2 is 2.03 bits per heavy atom. The van der Waals surface area contributed by atoms with Gasteiger partial charge in [-0.05, 0) is 35.7 Å². The van der Waals surface area contributed by atoms with E-state index in [1.807, 2.05) is 30.5 Å². The van der Waals surface area contributed by atoms with Crippen LogP contribution in [0.25, 0.3) is 11.1 Å². The normalized spacial score (nSPS) is 32.2. The highest BCUT2D eigenvalue weighted by atomic mass is 16.6. The van der Waals surface area contributed by atoms with Crippen LogP contribution in [-0.4, -0.2) is 54.2 Å². The summed E-state index contributed by atoms with van der Waals surface area (Å²) in [6.07, 6.45) is 2.78. The van der Waals surface area contributed by atoms with Crippen LogP contribution in [0.15, 0.2) is 36.5 Å². The lowest BCUT2D eigenvalue weighted by atomic mass is 9.95. The number of anilines is 1. The molecule has 3 unspecified atom stereocenters. The zero-order valence-electron chi connectivity index (χ0n) is 16.8. The topological polar surface area (TPSA) is 113 Å². The van der Waals surface area contributed by atoms with Crippen molar-refractivity contribution in [2.75, 3.05) is 24.5 Å². The van der Waals surface area contributed by atoms with E-state index in [1.165, 1.54) is 0 Å². The van der Waals surface area contributed by atoms with Crippen molar-refractivity contribution < 1.29 is 14.3 Å². The number of amides is 2. The zero-order chi connectivity index (χ0) is 21.3. The summed E-state index contributed by atoms with van der Waals surface area (Å²) in [6.45, 7) is 1.56. The monoisotopic (exact) mass is 415 g/mol. The highest BCUT2D eigenvalue weighted by Gasteiger charge is 2.70. The van der Waals surface area contributed by atoms with Crippen molar-refractivity contribution in [3.05, 3.63) is 47.8 Å². The lowest BCUT2D eigenvalue weighted by Gasteiger charge is -2.18. The van der Waals surface area contributed by atoms with E-state index in [9.17, 15) is 14.9 Å². The van der Waals surface area contributed by atoms with Crippen molar-refractivity contribution in [2.45, 2.75) is 24.0 Å². The Balaban J connectivity index is 1.26. The van der Waals surface area contributed by atoms with Crippen LogP contribution in [0.5, 0.6) is 0 Å². The van der Waals surface area contributed by atoms with E-state index >= 15 is 0 Å². The smallest absolute Gasteiger partial charge is 0.415 e. The van der Waals surface area contributed by atoms with Crippen LogP contribution in [0.3, 0.4) is 0 Å². The van der Waals surface area contributed by atoms with E-state index in [4.69, 9.17) is 10.5 Å². The van der Waals surface area contributed by atoms with Crippen LogP contribution >= 0.6 is 0 Å². The highest BCUT2D eigenvalue weighted by molar-refractivity contribution is 5.94. The van der Waals surface area contributed by atoms with Gasteiger partial charge in [-0.25, -0.2) is 4.79 Å². The fourth-order valence-electron chi connectivity index (χ4n) is 5.82. The summed E-state index contributed by atoms with van der Waals surface area (Å²) in [5, 5.41) is 9.86. The van der Waals surface area contributed by atoms with Gasteiger partial charge < -0.3 is 15.4 Å². The Labute approximate surface area is 179 Å². The number of cyclic esters (lactones) is 1. The maximum absolute atomic E-state index is 12.2. The number of hydrogen-bond acceptors (Lipinski definition) is 6. The molecule has 6 rings (SSSR count). The van der Waals surface area contributed by atoms with E-state index in [0.717, 1.165) is 40.9 Å². The molecule has 2 N–H and O–H groups in total. The van der Waals surface area contributed by atoms with E-state index in [0.29, 0.717) is 19.6 Å². The van der Waals surface area contributed by atoms with E-state index in [1.54, 1.807) is 9.80 Å². The number of hydrogen-bond donors (Lipinski definition) is 1. The first kappa shape index (κ1) is 18.3. The fourth-order valence-corrected chi connectivity index (χ4v) is 5.82. The summed E-state index contributed by atoms with van der Waals surface area (Å²) in [6, 6.07) is 12.4. The molecule has 0 radical (unpaired) electrons. The molecule has 1 aliphatic carbocycles. The predicted octanol–water partition coefficient (Wildman–Crippen LogP) is 1.44. The molecule has 31 heavy (non-hydrogen) atoms. The van der Waals surface area contributed by atoms with Gasteiger partial charge in [-0.1, -0.05) is 12.1 Å². The van der Waals surface area contributed by atoms with E-state index in [-0.39, 0.29) is 30.1 Å². The van der Waals surface area contributed by atoms with Crippen molar-refractivity contribution in [1.82, 2.24) is 9.88 Å². The number of rotatable bonds is 4. The number of carbonyl (C=O) groups is 2. The minimum absolute atomic E-state index is 0.0426. The molecular formula is C23H21N5O3. The zero-order valence-corrected chi connectivity index (χ0v) is 16.8. The summed E-state index contributed by atoms with van der Waals surface area (Å²) in [7, 11) is 0. The van der Waals surface area contributed by atoms with Crippen molar-refractivity contribution in [1.29, 1.82) is 5.26 Å². The van der Waals surface area contributed by atoms with Gasteiger partial charge in [-0.15, -0.1) is 0 Å². The maximum atomic E-state index is 12.2. The molecule has 2 amide bonds. The first-order chi connectivity index (χ1) is 15.1. The number of nitriles is 1. The van der Waals surface area contributed by atoms with Gasteiger partial charge in [0.15, 0.2) is 0 Å². The Kier molecular flexibility index (Phi) is 3.72. The second-order valence-electron chi connectivity index (χ2n) is 8.83. The third-order valence-corrected chi connectivity index (χ3v) is 7.47. The molecular weight excluding hydrogens is 394 g/mol. The Hall–Kier alpha value is -3.44. The summed E-state index contributed by atoms with van der Waals surface area (Å²) in [5.41, 5.74) is 9.95. The van der Waals surface area contributed by atoms with Crippen LogP contribution in [0.4, 0.5) is 10.5 Å². The van der Waals surface area contributed by atoms with Gasteiger partial charge in [0.25, 0.3) is 0 Å². The lowest BCUT2D eigenvalue weighted by Crippen LogP contribution is -2.37.